The summed E-state index contributed by atoms with van der Waals surface area (Å²) in [7, 11) is 1.54. The van der Waals surface area contributed by atoms with E-state index in [4.69, 9.17) is 27.9 Å². The maximum Gasteiger partial charge on any atom is 0.220 e. The molecule has 3 nitrogen and oxygen atoms in total. The minimum atomic E-state index is 0.00292. The number of hydrogen-bond acceptors (Lipinski definition) is 2. The third-order valence-corrected chi connectivity index (χ3v) is 2.86. The minimum Gasteiger partial charge on any atom is -0.495 e. The second-order valence-corrected chi connectivity index (χ2v) is 5.30. The maximum absolute atomic E-state index is 11.6. The highest BCUT2D eigenvalue weighted by Crippen LogP contribution is 2.32. The molecule has 0 bridgehead atoms. The lowest BCUT2D eigenvalue weighted by atomic mass is 10.1. The van der Waals surface area contributed by atoms with Crippen molar-refractivity contribution in [2.45, 2.75) is 26.8 Å². The van der Waals surface area contributed by atoms with Gasteiger partial charge in [-0.1, -0.05) is 37.0 Å². The molecule has 1 rings (SSSR count). The van der Waals surface area contributed by atoms with Gasteiger partial charge in [0.1, 0.15) is 5.75 Å². The molecule has 18 heavy (non-hydrogen) atoms. The second kappa shape index (κ2) is 6.86. The maximum atomic E-state index is 11.6. The van der Waals surface area contributed by atoms with Crippen LogP contribution in [0.4, 0.5) is 0 Å². The molecule has 0 unspecified atom stereocenters. The summed E-state index contributed by atoms with van der Waals surface area (Å²) in [5.41, 5.74) is 0.770. The number of nitrogens with one attached hydrogen (secondary N) is 1. The lowest BCUT2D eigenvalue weighted by molar-refractivity contribution is -0.121. The zero-order valence-corrected chi connectivity index (χ0v) is 12.2. The van der Waals surface area contributed by atoms with Crippen molar-refractivity contribution in [3.05, 3.63) is 27.7 Å². The standard InChI is InChI=1S/C13H17Cl2NO2/c1-8(2)4-12(17)16-7-9-5-10(14)6-11(15)13(9)18-3/h5-6,8H,4,7H2,1-3H3,(H,16,17). The fourth-order valence-corrected chi connectivity index (χ4v) is 2.22. The van der Waals surface area contributed by atoms with Gasteiger partial charge in [0, 0.05) is 23.6 Å². The van der Waals surface area contributed by atoms with Gasteiger partial charge in [0.25, 0.3) is 0 Å². The summed E-state index contributed by atoms with van der Waals surface area (Å²) in [5, 5.41) is 3.79. The predicted octanol–water partition coefficient (Wildman–Crippen LogP) is 3.66. The first-order chi connectivity index (χ1) is 8.43. The quantitative estimate of drug-likeness (QED) is 0.898. The van der Waals surface area contributed by atoms with Crippen LogP contribution in [0.15, 0.2) is 12.1 Å². The third kappa shape index (κ3) is 4.39. The molecule has 0 atom stereocenters. The van der Waals surface area contributed by atoms with Gasteiger partial charge in [0.15, 0.2) is 0 Å². The van der Waals surface area contributed by atoms with Crippen LogP contribution in [0.3, 0.4) is 0 Å². The van der Waals surface area contributed by atoms with Crippen LogP contribution in [-0.4, -0.2) is 13.0 Å². The lowest BCUT2D eigenvalue weighted by Gasteiger charge is -2.12. The second-order valence-electron chi connectivity index (χ2n) is 4.45. The third-order valence-electron chi connectivity index (χ3n) is 2.36. The molecule has 5 heteroatoms. The van der Waals surface area contributed by atoms with Crippen molar-refractivity contribution in [3.63, 3.8) is 0 Å². The summed E-state index contributed by atoms with van der Waals surface area (Å²) < 4.78 is 5.20. The summed E-state index contributed by atoms with van der Waals surface area (Å²) in [6, 6.07) is 3.35. The van der Waals surface area contributed by atoms with Crippen LogP contribution < -0.4 is 10.1 Å². The van der Waals surface area contributed by atoms with Crippen LogP contribution in [0.25, 0.3) is 0 Å². The Morgan fingerprint density at radius 1 is 1.39 bits per heavy atom. The molecule has 0 heterocycles. The van der Waals surface area contributed by atoms with E-state index in [1.54, 1.807) is 12.1 Å². The monoisotopic (exact) mass is 289 g/mol. The van der Waals surface area contributed by atoms with Crippen LogP contribution in [-0.2, 0) is 11.3 Å². The number of amides is 1. The Morgan fingerprint density at radius 3 is 2.61 bits per heavy atom. The van der Waals surface area contributed by atoms with E-state index in [9.17, 15) is 4.79 Å². The molecule has 1 aromatic rings. The van der Waals surface area contributed by atoms with Gasteiger partial charge in [-0.05, 0) is 18.1 Å². The molecule has 0 saturated carbocycles. The molecule has 1 N–H and O–H groups in total. The molecule has 0 saturated heterocycles. The van der Waals surface area contributed by atoms with E-state index in [1.807, 2.05) is 13.8 Å². The number of hydrogen-bond donors (Lipinski definition) is 1. The normalized spacial score (nSPS) is 10.6. The first kappa shape index (κ1) is 15.1. The van der Waals surface area contributed by atoms with Gasteiger partial charge in [0.05, 0.1) is 12.1 Å². The number of ether oxygens (including phenoxy) is 1. The Hall–Kier alpha value is -0.930. The number of benzene rings is 1. The fraction of sp³-hybridized carbons (Fsp3) is 0.462. The summed E-state index contributed by atoms with van der Waals surface area (Å²) in [6.45, 7) is 4.35. The number of rotatable bonds is 5. The van der Waals surface area contributed by atoms with Crippen molar-refractivity contribution in [1.29, 1.82) is 0 Å². The van der Waals surface area contributed by atoms with Gasteiger partial charge in [0.2, 0.25) is 5.91 Å². The SMILES string of the molecule is COc1c(Cl)cc(Cl)cc1CNC(=O)CC(C)C. The van der Waals surface area contributed by atoms with Crippen molar-refractivity contribution < 1.29 is 9.53 Å². The van der Waals surface area contributed by atoms with Crippen molar-refractivity contribution in [3.8, 4) is 5.75 Å². The van der Waals surface area contributed by atoms with Crippen molar-refractivity contribution in [2.75, 3.05) is 7.11 Å². The number of carbonyl (C=O) groups is 1. The average molecular weight is 290 g/mol. The van der Waals surface area contributed by atoms with E-state index in [-0.39, 0.29) is 5.91 Å². The Bertz CT molecular complexity index is 433. The molecule has 0 aliphatic carbocycles. The Balaban J connectivity index is 2.75. The van der Waals surface area contributed by atoms with Gasteiger partial charge < -0.3 is 10.1 Å². The highest BCUT2D eigenvalue weighted by atomic mass is 35.5. The van der Waals surface area contributed by atoms with Crippen molar-refractivity contribution in [2.24, 2.45) is 5.92 Å². The highest BCUT2D eigenvalue weighted by molar-refractivity contribution is 6.35. The largest absolute Gasteiger partial charge is 0.495 e. The van der Waals surface area contributed by atoms with Gasteiger partial charge in [-0.15, -0.1) is 0 Å². The van der Waals surface area contributed by atoms with Crippen LogP contribution >= 0.6 is 23.2 Å². The molecular weight excluding hydrogens is 273 g/mol. The highest BCUT2D eigenvalue weighted by Gasteiger charge is 2.11. The number of carbonyl (C=O) groups excluding carboxylic acids is 1. The van der Waals surface area contributed by atoms with Gasteiger partial charge in [-0.2, -0.15) is 0 Å². The smallest absolute Gasteiger partial charge is 0.220 e. The minimum absolute atomic E-state index is 0.00292. The molecule has 0 spiro atoms. The number of methoxy groups -OCH3 is 1. The molecule has 0 aromatic heterocycles. The Morgan fingerprint density at radius 2 is 2.06 bits per heavy atom. The fourth-order valence-electron chi connectivity index (χ4n) is 1.61. The molecule has 0 radical (unpaired) electrons. The summed E-state index contributed by atoms with van der Waals surface area (Å²) in [4.78, 5) is 11.6. The molecule has 0 aliphatic rings. The van der Waals surface area contributed by atoms with Crippen LogP contribution in [0, 0.1) is 5.92 Å². The molecular formula is C13H17Cl2NO2. The van der Waals surface area contributed by atoms with Crippen LogP contribution in [0.5, 0.6) is 5.75 Å². The van der Waals surface area contributed by atoms with Crippen molar-refractivity contribution >= 4 is 29.1 Å². The lowest BCUT2D eigenvalue weighted by Crippen LogP contribution is -2.24. The number of halogens is 2. The van der Waals surface area contributed by atoms with Gasteiger partial charge in [-0.25, -0.2) is 0 Å². The zero-order chi connectivity index (χ0) is 13.7. The van der Waals surface area contributed by atoms with E-state index < -0.39 is 0 Å². The van der Waals surface area contributed by atoms with E-state index in [0.29, 0.717) is 34.7 Å². The topological polar surface area (TPSA) is 38.3 Å². The van der Waals surface area contributed by atoms with Gasteiger partial charge >= 0.3 is 0 Å². The summed E-state index contributed by atoms with van der Waals surface area (Å²) >= 11 is 11.9. The Labute approximate surface area is 117 Å². The van der Waals surface area contributed by atoms with E-state index in [2.05, 4.69) is 5.32 Å². The molecule has 0 aliphatic heterocycles. The van der Waals surface area contributed by atoms with Crippen LogP contribution in [0.2, 0.25) is 10.0 Å². The predicted molar refractivity (Wildman–Crippen MR) is 74.3 cm³/mol. The van der Waals surface area contributed by atoms with E-state index in [0.717, 1.165) is 5.56 Å². The average Bonchev–Trinajstić information content (AvgIpc) is 2.24. The van der Waals surface area contributed by atoms with Gasteiger partial charge in [-0.3, -0.25) is 4.79 Å². The van der Waals surface area contributed by atoms with E-state index >= 15 is 0 Å². The first-order valence-electron chi connectivity index (χ1n) is 5.72. The Kier molecular flexibility index (Phi) is 5.76. The van der Waals surface area contributed by atoms with Crippen LogP contribution in [0.1, 0.15) is 25.8 Å². The molecule has 1 amide bonds. The zero-order valence-electron chi connectivity index (χ0n) is 10.7. The van der Waals surface area contributed by atoms with E-state index in [1.165, 1.54) is 7.11 Å². The van der Waals surface area contributed by atoms with Crippen molar-refractivity contribution in [1.82, 2.24) is 5.32 Å². The molecule has 100 valence electrons. The molecule has 1 aromatic carbocycles. The summed E-state index contributed by atoms with van der Waals surface area (Å²) in [5.74, 6) is 0.879. The molecule has 0 fully saturated rings. The summed E-state index contributed by atoms with van der Waals surface area (Å²) in [6.07, 6.45) is 0.497. The first-order valence-corrected chi connectivity index (χ1v) is 6.48.